The molecule has 0 saturated carbocycles. The van der Waals surface area contributed by atoms with E-state index in [1.54, 1.807) is 18.2 Å². The number of nitrogens with one attached hydrogen (secondary N) is 2. The Morgan fingerprint density at radius 2 is 1.73 bits per heavy atom. The number of nitrogens with zero attached hydrogens (tertiary/aromatic N) is 1. The third kappa shape index (κ3) is 6.65. The Kier molecular flexibility index (Phi) is 9.17. The molecule has 0 radical (unpaired) electrons. The molecule has 3 aromatic carbocycles. The molecule has 4 N–H and O–H groups in total. The number of hydrogen-bond donors (Lipinski definition) is 3. The van der Waals surface area contributed by atoms with Crippen LogP contribution in [-0.4, -0.2) is 31.7 Å². The maximum atomic E-state index is 13.2. The van der Waals surface area contributed by atoms with Gasteiger partial charge in [-0.2, -0.15) is 0 Å². The van der Waals surface area contributed by atoms with Crippen molar-refractivity contribution in [1.82, 2.24) is 4.90 Å². The minimum absolute atomic E-state index is 0. The number of fused-ring (bicyclic) bond motifs is 1. The smallest absolute Gasteiger partial charge is 0.261 e. The highest BCUT2D eigenvalue weighted by molar-refractivity contribution is 7.92. The van der Waals surface area contributed by atoms with Crippen molar-refractivity contribution in [3.8, 4) is 0 Å². The number of amides is 2. The van der Waals surface area contributed by atoms with Crippen molar-refractivity contribution in [1.29, 1.82) is 0 Å². The second-order valence-electron chi connectivity index (χ2n) is 9.11. The van der Waals surface area contributed by atoms with Crippen LogP contribution >= 0.6 is 35.3 Å². The Balaban J connectivity index is 0.00000370. The summed E-state index contributed by atoms with van der Waals surface area (Å²) < 4.78 is 28.0. The van der Waals surface area contributed by atoms with Gasteiger partial charge in [0.1, 0.15) is 5.00 Å². The molecule has 0 aliphatic carbocycles. The molecule has 1 aliphatic heterocycles. The van der Waals surface area contributed by atoms with Gasteiger partial charge >= 0.3 is 0 Å². The van der Waals surface area contributed by atoms with Gasteiger partial charge in [0.25, 0.3) is 21.8 Å². The molecule has 208 valence electrons. The molecule has 0 atom stereocenters. The molecule has 0 unspecified atom stereocenters. The Morgan fingerprint density at radius 3 is 2.42 bits per heavy atom. The van der Waals surface area contributed by atoms with Crippen molar-refractivity contribution < 1.29 is 18.0 Å². The third-order valence-corrected chi connectivity index (χ3v) is 9.14. The normalized spacial score (nSPS) is 13.1. The lowest BCUT2D eigenvalue weighted by Crippen LogP contribution is -2.30. The molecule has 0 saturated heterocycles. The zero-order valence-electron chi connectivity index (χ0n) is 21.1. The molecular formula is C28H26Cl2N4O4S2. The summed E-state index contributed by atoms with van der Waals surface area (Å²) in [5, 5.41) is 3.64. The van der Waals surface area contributed by atoms with E-state index in [2.05, 4.69) is 27.1 Å². The van der Waals surface area contributed by atoms with E-state index < -0.39 is 21.8 Å². The molecule has 4 aromatic rings. The molecule has 2 amide bonds. The second-order valence-corrected chi connectivity index (χ2v) is 12.3. The standard InChI is InChI=1S/C28H25ClN4O4S2.ClH/c29-20-9-11-22(12-10-20)39(36,37)32-21-8-4-7-19(15-21)27(35)31-28-25(26(30)34)23-13-14-33(17-24(23)38-28)16-18-5-2-1-3-6-18;/h1-12,15,32H,13-14,16-17H2,(H2,30,34)(H,31,35);1H. The van der Waals surface area contributed by atoms with Crippen LogP contribution in [0.3, 0.4) is 0 Å². The van der Waals surface area contributed by atoms with Crippen LogP contribution in [-0.2, 0) is 29.5 Å². The fourth-order valence-corrected chi connectivity index (χ4v) is 6.97. The van der Waals surface area contributed by atoms with Crippen molar-refractivity contribution in [2.24, 2.45) is 5.73 Å². The lowest BCUT2D eigenvalue weighted by molar-refractivity contribution is 0.0999. The number of anilines is 2. The molecule has 0 bridgehead atoms. The van der Waals surface area contributed by atoms with Gasteiger partial charge in [-0.1, -0.05) is 48.0 Å². The summed E-state index contributed by atoms with van der Waals surface area (Å²) in [7, 11) is -3.88. The topological polar surface area (TPSA) is 122 Å². The number of rotatable bonds is 8. The number of primary amides is 1. The molecule has 8 nitrogen and oxygen atoms in total. The largest absolute Gasteiger partial charge is 0.365 e. The first-order valence-electron chi connectivity index (χ1n) is 12.1. The van der Waals surface area contributed by atoms with E-state index in [9.17, 15) is 18.0 Å². The van der Waals surface area contributed by atoms with Gasteiger partial charge in [-0.3, -0.25) is 19.2 Å². The minimum Gasteiger partial charge on any atom is -0.365 e. The molecule has 0 fully saturated rings. The number of halogens is 2. The zero-order valence-corrected chi connectivity index (χ0v) is 24.3. The average molecular weight is 618 g/mol. The van der Waals surface area contributed by atoms with Gasteiger partial charge in [0.15, 0.2) is 0 Å². The predicted molar refractivity (Wildman–Crippen MR) is 161 cm³/mol. The number of carbonyl (C=O) groups excluding carboxylic acids is 2. The number of hydrogen-bond acceptors (Lipinski definition) is 6. The van der Waals surface area contributed by atoms with E-state index in [0.717, 1.165) is 23.5 Å². The van der Waals surface area contributed by atoms with E-state index in [1.165, 1.54) is 47.2 Å². The maximum Gasteiger partial charge on any atom is 0.261 e. The van der Waals surface area contributed by atoms with Gasteiger partial charge in [0.05, 0.1) is 10.5 Å². The Bertz CT molecular complexity index is 1640. The molecule has 1 aromatic heterocycles. The number of carbonyl (C=O) groups is 2. The van der Waals surface area contributed by atoms with Crippen molar-refractivity contribution in [3.05, 3.63) is 111 Å². The number of thiophene rings is 1. The summed E-state index contributed by atoms with van der Waals surface area (Å²) in [4.78, 5) is 28.9. The highest BCUT2D eigenvalue weighted by atomic mass is 35.5. The van der Waals surface area contributed by atoms with Crippen LogP contribution in [0.25, 0.3) is 0 Å². The summed E-state index contributed by atoms with van der Waals surface area (Å²) in [5.41, 5.74) is 8.58. The third-order valence-electron chi connectivity index (χ3n) is 6.36. The summed E-state index contributed by atoms with van der Waals surface area (Å²) in [6, 6.07) is 22.0. The first-order chi connectivity index (χ1) is 18.7. The van der Waals surface area contributed by atoms with Crippen LogP contribution < -0.4 is 15.8 Å². The van der Waals surface area contributed by atoms with Crippen molar-refractivity contribution >= 4 is 67.9 Å². The SMILES string of the molecule is Cl.NC(=O)c1c(NC(=O)c2cccc(NS(=O)(=O)c3ccc(Cl)cc3)c2)sc2c1CCN(Cc1ccccc1)C2. The summed E-state index contributed by atoms with van der Waals surface area (Å²) in [6.07, 6.45) is 0.648. The van der Waals surface area contributed by atoms with E-state index in [4.69, 9.17) is 17.3 Å². The molecule has 40 heavy (non-hydrogen) atoms. The van der Waals surface area contributed by atoms with Crippen LogP contribution in [0, 0.1) is 0 Å². The Hall–Kier alpha value is -3.41. The van der Waals surface area contributed by atoms with E-state index in [1.807, 2.05) is 18.2 Å². The fraction of sp³-hybridized carbons (Fsp3) is 0.143. The maximum absolute atomic E-state index is 13.2. The molecule has 1 aliphatic rings. The summed E-state index contributed by atoms with van der Waals surface area (Å²) in [5.74, 6) is -1.08. The monoisotopic (exact) mass is 616 g/mol. The molecule has 2 heterocycles. The van der Waals surface area contributed by atoms with Crippen LogP contribution in [0.1, 0.15) is 36.7 Å². The van der Waals surface area contributed by atoms with E-state index in [0.29, 0.717) is 28.6 Å². The van der Waals surface area contributed by atoms with E-state index >= 15 is 0 Å². The van der Waals surface area contributed by atoms with Gasteiger partial charge in [-0.25, -0.2) is 8.42 Å². The second kappa shape index (κ2) is 12.4. The molecular weight excluding hydrogens is 591 g/mol. The molecule has 5 rings (SSSR count). The number of nitrogens with two attached hydrogens (primary N) is 1. The lowest BCUT2D eigenvalue weighted by Gasteiger charge is -2.27. The fourth-order valence-electron chi connectivity index (χ4n) is 4.51. The van der Waals surface area contributed by atoms with Crippen molar-refractivity contribution in [3.63, 3.8) is 0 Å². The zero-order chi connectivity index (χ0) is 27.6. The summed E-state index contributed by atoms with van der Waals surface area (Å²) in [6.45, 7) is 2.19. The highest BCUT2D eigenvalue weighted by Gasteiger charge is 2.28. The molecule has 12 heteroatoms. The van der Waals surface area contributed by atoms with Gasteiger partial charge in [-0.15, -0.1) is 23.7 Å². The first kappa shape index (κ1) is 29.6. The van der Waals surface area contributed by atoms with Gasteiger partial charge in [0.2, 0.25) is 0 Å². The molecule has 0 spiro atoms. The van der Waals surface area contributed by atoms with Crippen molar-refractivity contribution in [2.75, 3.05) is 16.6 Å². The minimum atomic E-state index is -3.88. The van der Waals surface area contributed by atoms with E-state index in [-0.39, 0.29) is 28.6 Å². The lowest BCUT2D eigenvalue weighted by atomic mass is 10.0. The number of benzene rings is 3. The first-order valence-corrected chi connectivity index (χ1v) is 14.8. The predicted octanol–water partition coefficient (Wildman–Crippen LogP) is 5.53. The summed E-state index contributed by atoms with van der Waals surface area (Å²) >= 11 is 7.20. The van der Waals surface area contributed by atoms with Gasteiger partial charge in [0, 0.05) is 40.8 Å². The van der Waals surface area contributed by atoms with Gasteiger partial charge < -0.3 is 11.1 Å². The van der Waals surface area contributed by atoms with Crippen LogP contribution in [0.5, 0.6) is 0 Å². The van der Waals surface area contributed by atoms with Crippen LogP contribution in [0.2, 0.25) is 5.02 Å². The average Bonchev–Trinajstić information content (AvgIpc) is 3.26. The Labute approximate surface area is 247 Å². The van der Waals surface area contributed by atoms with Gasteiger partial charge in [-0.05, 0) is 60.0 Å². The number of sulfonamides is 1. The highest BCUT2D eigenvalue weighted by Crippen LogP contribution is 2.37. The van der Waals surface area contributed by atoms with Crippen LogP contribution in [0.4, 0.5) is 10.7 Å². The van der Waals surface area contributed by atoms with Crippen LogP contribution in [0.15, 0.2) is 83.8 Å². The van der Waals surface area contributed by atoms with Crippen molar-refractivity contribution in [2.45, 2.75) is 24.4 Å². The quantitative estimate of drug-likeness (QED) is 0.240. The Morgan fingerprint density at radius 1 is 1.00 bits per heavy atom.